The second-order valence-electron chi connectivity index (χ2n) is 17.2. The van der Waals surface area contributed by atoms with Crippen molar-refractivity contribution >= 4 is 32.6 Å². The van der Waals surface area contributed by atoms with Gasteiger partial charge >= 0.3 is 0 Å². The first-order valence-electron chi connectivity index (χ1n) is 22.7. The highest BCUT2D eigenvalue weighted by Gasteiger charge is 2.48. The molecule has 0 fully saturated rings. The average molecular weight is 840 g/mol. The third kappa shape index (κ3) is 5.84. The van der Waals surface area contributed by atoms with E-state index in [1.54, 1.807) is 0 Å². The van der Waals surface area contributed by atoms with Gasteiger partial charge in [0.25, 0.3) is 0 Å². The van der Waals surface area contributed by atoms with Gasteiger partial charge in [0.1, 0.15) is 0 Å². The molecule has 2 heterocycles. The van der Waals surface area contributed by atoms with Crippen LogP contribution in [0.2, 0.25) is 0 Å². The fourth-order valence-corrected chi connectivity index (χ4v) is 10.8. The largest absolute Gasteiger partial charge is 0.309 e. The quantitative estimate of drug-likeness (QED) is 0.160. The van der Waals surface area contributed by atoms with Crippen LogP contribution in [-0.2, 0) is 5.41 Å². The summed E-state index contributed by atoms with van der Waals surface area (Å²) in [6.45, 7) is 0. The van der Waals surface area contributed by atoms with Gasteiger partial charge in [-0.2, -0.15) is 0 Å². The molecule has 66 heavy (non-hydrogen) atoms. The van der Waals surface area contributed by atoms with Crippen LogP contribution in [0.5, 0.6) is 0 Å². The topological polar surface area (TPSA) is 30.7 Å². The summed E-state index contributed by atoms with van der Waals surface area (Å²) in [6, 6.07) is 90.0. The molecule has 12 aromatic rings. The predicted octanol–water partition coefficient (Wildman–Crippen LogP) is 15.8. The van der Waals surface area contributed by atoms with Gasteiger partial charge in [-0.25, -0.2) is 9.97 Å². The summed E-state index contributed by atoms with van der Waals surface area (Å²) in [6.07, 6.45) is 0. The molecule has 0 amide bonds. The number of benzene rings is 10. The molecule has 308 valence electrons. The molecule has 0 unspecified atom stereocenters. The smallest absolute Gasteiger partial charge is 0.160 e. The predicted molar refractivity (Wildman–Crippen MR) is 273 cm³/mol. The van der Waals surface area contributed by atoms with Gasteiger partial charge in [-0.3, -0.25) is 0 Å². The maximum Gasteiger partial charge on any atom is 0.160 e. The van der Waals surface area contributed by atoms with Crippen molar-refractivity contribution in [2.45, 2.75) is 5.41 Å². The first-order valence-corrected chi connectivity index (χ1v) is 22.7. The molecule has 2 aromatic heterocycles. The third-order valence-electron chi connectivity index (χ3n) is 13.7. The number of para-hydroxylation sites is 2. The zero-order valence-electron chi connectivity index (χ0n) is 36.0. The minimum atomic E-state index is -0.520. The van der Waals surface area contributed by atoms with Crippen LogP contribution in [0.3, 0.4) is 0 Å². The molecule has 0 atom stereocenters. The molecule has 0 saturated heterocycles. The van der Waals surface area contributed by atoms with E-state index in [0.717, 1.165) is 39.3 Å². The Morgan fingerprint density at radius 1 is 0.348 bits per heavy atom. The van der Waals surface area contributed by atoms with Gasteiger partial charge < -0.3 is 4.57 Å². The number of hydrogen-bond acceptors (Lipinski definition) is 2. The second kappa shape index (κ2) is 15.3. The number of fused-ring (bicyclic) bond motifs is 8. The summed E-state index contributed by atoms with van der Waals surface area (Å²) in [7, 11) is 0. The van der Waals surface area contributed by atoms with Crippen LogP contribution in [0.15, 0.2) is 249 Å². The molecule has 0 spiro atoms. The minimum absolute atomic E-state index is 0.520. The fourth-order valence-electron chi connectivity index (χ4n) is 10.8. The van der Waals surface area contributed by atoms with Gasteiger partial charge in [-0.05, 0) is 91.7 Å². The van der Waals surface area contributed by atoms with E-state index in [4.69, 9.17) is 9.97 Å². The van der Waals surface area contributed by atoms with Crippen molar-refractivity contribution in [3.8, 4) is 61.8 Å². The summed E-state index contributed by atoms with van der Waals surface area (Å²) >= 11 is 0. The number of hydrogen-bond donors (Lipinski definition) is 0. The maximum absolute atomic E-state index is 5.25. The average Bonchev–Trinajstić information content (AvgIpc) is 3.91. The molecule has 3 nitrogen and oxygen atoms in total. The standard InChI is InChI=1S/C63H41N3/c1-4-19-44(20-5-1)62-64-56(41-57(65-62)46-22-18-27-49(39-46)66-58-33-16-13-29-51(58)52-30-14-17-34-59(52)66)43-37-35-42(36-38-43)54-40-45-21-10-11-28-50(45)61-60(54)53-31-12-15-32-55(53)63(61,47-23-6-2-7-24-47)48-25-8-3-9-26-48/h1-41H. The molecule has 1 aliphatic rings. The lowest BCUT2D eigenvalue weighted by Gasteiger charge is -2.35. The Bertz CT molecular complexity index is 3700. The van der Waals surface area contributed by atoms with E-state index < -0.39 is 5.41 Å². The van der Waals surface area contributed by atoms with Crippen LogP contribution in [0.4, 0.5) is 0 Å². The van der Waals surface area contributed by atoms with Gasteiger partial charge in [0.15, 0.2) is 5.82 Å². The van der Waals surface area contributed by atoms with E-state index in [0.29, 0.717) is 5.82 Å². The Morgan fingerprint density at radius 2 is 0.879 bits per heavy atom. The second-order valence-corrected chi connectivity index (χ2v) is 17.2. The van der Waals surface area contributed by atoms with E-state index in [2.05, 4.69) is 235 Å². The first kappa shape index (κ1) is 37.9. The Morgan fingerprint density at radius 3 is 1.56 bits per heavy atom. The molecule has 13 rings (SSSR count). The number of rotatable bonds is 7. The molecular formula is C63H41N3. The van der Waals surface area contributed by atoms with Gasteiger partial charge in [0.05, 0.1) is 27.8 Å². The normalized spacial score (nSPS) is 12.7. The Labute approximate surface area is 383 Å². The lowest BCUT2D eigenvalue weighted by molar-refractivity contribution is 0.775. The summed E-state index contributed by atoms with van der Waals surface area (Å²) in [5, 5.41) is 4.96. The molecule has 0 aliphatic heterocycles. The minimum Gasteiger partial charge on any atom is -0.309 e. The van der Waals surface area contributed by atoms with Crippen molar-refractivity contribution in [2.24, 2.45) is 0 Å². The van der Waals surface area contributed by atoms with Crippen molar-refractivity contribution in [2.75, 3.05) is 0 Å². The fraction of sp³-hybridized carbons (Fsp3) is 0.0159. The number of nitrogens with zero attached hydrogens (tertiary/aromatic N) is 3. The Kier molecular flexibility index (Phi) is 8.75. The molecule has 0 bridgehead atoms. The van der Waals surface area contributed by atoms with E-state index >= 15 is 0 Å². The van der Waals surface area contributed by atoms with Crippen LogP contribution < -0.4 is 0 Å². The van der Waals surface area contributed by atoms with Crippen LogP contribution in [0.1, 0.15) is 22.3 Å². The van der Waals surface area contributed by atoms with Crippen molar-refractivity contribution < 1.29 is 0 Å². The van der Waals surface area contributed by atoms with Crippen molar-refractivity contribution in [3.63, 3.8) is 0 Å². The van der Waals surface area contributed by atoms with Crippen molar-refractivity contribution in [3.05, 3.63) is 271 Å². The van der Waals surface area contributed by atoms with Gasteiger partial charge in [-0.1, -0.05) is 212 Å². The Hall–Kier alpha value is -8.66. The molecule has 10 aromatic carbocycles. The SMILES string of the molecule is c1ccc(-c2nc(-c3ccc(-c4cc5ccccc5c5c4-c4ccccc4C5(c4ccccc4)c4ccccc4)cc3)cc(-c3cccc(-n4c5ccccc5c5ccccc54)c3)n2)cc1. The van der Waals surface area contributed by atoms with Gasteiger partial charge in [-0.15, -0.1) is 0 Å². The highest BCUT2D eigenvalue weighted by atomic mass is 15.0. The van der Waals surface area contributed by atoms with Crippen LogP contribution in [0.25, 0.3) is 94.4 Å². The highest BCUT2D eigenvalue weighted by Crippen LogP contribution is 2.60. The lowest BCUT2D eigenvalue weighted by atomic mass is 9.66. The van der Waals surface area contributed by atoms with Gasteiger partial charge in [0, 0.05) is 33.2 Å². The van der Waals surface area contributed by atoms with Gasteiger partial charge in [0.2, 0.25) is 0 Å². The van der Waals surface area contributed by atoms with E-state index in [9.17, 15) is 0 Å². The summed E-state index contributed by atoms with van der Waals surface area (Å²) in [5.41, 5.74) is 17.7. The number of aromatic nitrogens is 3. The van der Waals surface area contributed by atoms with Crippen molar-refractivity contribution in [1.29, 1.82) is 0 Å². The molecule has 0 N–H and O–H groups in total. The van der Waals surface area contributed by atoms with E-state index in [1.165, 1.54) is 71.5 Å². The van der Waals surface area contributed by atoms with Crippen LogP contribution in [0, 0.1) is 0 Å². The summed E-state index contributed by atoms with van der Waals surface area (Å²) < 4.78 is 2.36. The third-order valence-corrected chi connectivity index (χ3v) is 13.7. The van der Waals surface area contributed by atoms with Crippen LogP contribution >= 0.6 is 0 Å². The molecule has 1 aliphatic carbocycles. The first-order chi connectivity index (χ1) is 32.7. The summed E-state index contributed by atoms with van der Waals surface area (Å²) in [4.78, 5) is 10.5. The molecule has 0 radical (unpaired) electrons. The van der Waals surface area contributed by atoms with E-state index in [1.807, 2.05) is 18.2 Å². The zero-order chi connectivity index (χ0) is 43.6. The molecule has 0 saturated carbocycles. The summed E-state index contributed by atoms with van der Waals surface area (Å²) in [5.74, 6) is 0.691. The van der Waals surface area contributed by atoms with E-state index in [-0.39, 0.29) is 0 Å². The van der Waals surface area contributed by atoms with Crippen molar-refractivity contribution in [1.82, 2.24) is 14.5 Å². The molecule has 3 heteroatoms. The van der Waals surface area contributed by atoms with Crippen LogP contribution in [-0.4, -0.2) is 14.5 Å². The lowest BCUT2D eigenvalue weighted by Crippen LogP contribution is -2.28. The Balaban J connectivity index is 0.979. The highest BCUT2D eigenvalue weighted by molar-refractivity contribution is 6.09. The maximum atomic E-state index is 5.25. The molecular weight excluding hydrogens is 799 g/mol. The monoisotopic (exact) mass is 839 g/mol. The zero-order valence-corrected chi connectivity index (χ0v) is 36.0.